The van der Waals surface area contributed by atoms with Gasteiger partial charge in [-0.2, -0.15) is 0 Å². The Kier molecular flexibility index (Phi) is 10.9. The third kappa shape index (κ3) is 8.60. The highest BCUT2D eigenvalue weighted by Gasteiger charge is 2.31. The van der Waals surface area contributed by atoms with Crippen LogP contribution in [0.4, 0.5) is 0 Å². The highest BCUT2D eigenvalue weighted by Crippen LogP contribution is 2.25. The summed E-state index contributed by atoms with van der Waals surface area (Å²) in [5.74, 6) is -2.90. The van der Waals surface area contributed by atoms with Crippen LogP contribution in [-0.4, -0.2) is 40.6 Å². The fraction of sp³-hybridized carbons (Fsp3) is 0.323. The molecule has 3 rings (SSSR count). The summed E-state index contributed by atoms with van der Waals surface area (Å²) in [6, 6.07) is 22.1. The van der Waals surface area contributed by atoms with Gasteiger partial charge in [-0.1, -0.05) is 87.5 Å². The Hall–Kier alpha value is -4.33. The lowest BCUT2D eigenvalue weighted by Crippen LogP contribution is -2.54. The van der Waals surface area contributed by atoms with Gasteiger partial charge in [-0.3, -0.25) is 24.2 Å². The van der Waals surface area contributed by atoms with E-state index >= 15 is 0 Å². The fourth-order valence-corrected chi connectivity index (χ4v) is 4.29. The van der Waals surface area contributed by atoms with Crippen molar-refractivity contribution in [1.82, 2.24) is 20.9 Å². The zero-order valence-corrected chi connectivity index (χ0v) is 22.6. The van der Waals surface area contributed by atoms with Crippen LogP contribution < -0.4 is 16.0 Å². The van der Waals surface area contributed by atoms with Gasteiger partial charge in [-0.25, -0.2) is 0 Å². The summed E-state index contributed by atoms with van der Waals surface area (Å²) in [4.78, 5) is 56.5. The number of nitrogens with zero attached hydrogens (tertiary/aromatic N) is 1. The molecule has 0 aliphatic rings. The van der Waals surface area contributed by atoms with E-state index < -0.39 is 35.6 Å². The standard InChI is InChI=1S/C31H36N4O4/c1-4-25(28(36)31(39)33-20-24-17-11-12-18-32-24)34-29(37)26(19-21(2)3)35-30(38)27(22-13-7-5-8-14-22)23-15-9-6-10-16-23/h5-18,21,25-27H,4,19-20H2,1-3H3,(H,33,39)(H,34,37)(H,35,38)/t25?,26-/m0/s1. The Balaban J connectivity index is 1.72. The van der Waals surface area contributed by atoms with E-state index in [1.165, 1.54) is 0 Å². The Bertz CT molecular complexity index is 1190. The minimum Gasteiger partial charge on any atom is -0.344 e. The van der Waals surface area contributed by atoms with Crippen molar-refractivity contribution in [2.75, 3.05) is 0 Å². The van der Waals surface area contributed by atoms with Crippen LogP contribution in [0.1, 0.15) is 56.4 Å². The number of carbonyl (C=O) groups excluding carboxylic acids is 4. The first kappa shape index (κ1) is 29.2. The number of rotatable bonds is 13. The average molecular weight is 529 g/mol. The van der Waals surface area contributed by atoms with E-state index in [-0.39, 0.29) is 24.8 Å². The molecule has 0 spiro atoms. The van der Waals surface area contributed by atoms with Gasteiger partial charge < -0.3 is 16.0 Å². The van der Waals surface area contributed by atoms with Gasteiger partial charge in [-0.05, 0) is 42.0 Å². The first-order chi connectivity index (χ1) is 18.8. The zero-order valence-electron chi connectivity index (χ0n) is 22.6. The molecule has 8 nitrogen and oxygen atoms in total. The van der Waals surface area contributed by atoms with Crippen LogP contribution in [-0.2, 0) is 25.7 Å². The van der Waals surface area contributed by atoms with Crippen LogP contribution in [0.15, 0.2) is 85.1 Å². The van der Waals surface area contributed by atoms with Crippen molar-refractivity contribution in [3.63, 3.8) is 0 Å². The van der Waals surface area contributed by atoms with Crippen molar-refractivity contribution in [3.05, 3.63) is 102 Å². The lowest BCUT2D eigenvalue weighted by molar-refractivity contribution is -0.140. The first-order valence-corrected chi connectivity index (χ1v) is 13.2. The number of benzene rings is 2. The molecule has 204 valence electrons. The lowest BCUT2D eigenvalue weighted by atomic mass is 9.90. The molecule has 0 aliphatic carbocycles. The maximum absolute atomic E-state index is 13.6. The van der Waals surface area contributed by atoms with Gasteiger partial charge >= 0.3 is 0 Å². The van der Waals surface area contributed by atoms with Gasteiger partial charge in [-0.15, -0.1) is 0 Å². The second-order valence-electron chi connectivity index (χ2n) is 9.78. The van der Waals surface area contributed by atoms with Gasteiger partial charge in [0.05, 0.1) is 24.2 Å². The molecule has 8 heteroatoms. The molecule has 2 atom stereocenters. The summed E-state index contributed by atoms with van der Waals surface area (Å²) < 4.78 is 0. The van der Waals surface area contributed by atoms with Crippen LogP contribution in [0, 0.1) is 5.92 Å². The highest BCUT2D eigenvalue weighted by molar-refractivity contribution is 6.38. The SMILES string of the molecule is CCC(NC(=O)[C@H](CC(C)C)NC(=O)C(c1ccccc1)c1ccccc1)C(=O)C(=O)NCc1ccccn1. The predicted molar refractivity (Wildman–Crippen MR) is 149 cm³/mol. The number of hydrogen-bond acceptors (Lipinski definition) is 5. The molecule has 0 radical (unpaired) electrons. The largest absolute Gasteiger partial charge is 0.344 e. The highest BCUT2D eigenvalue weighted by atomic mass is 16.2. The molecule has 3 N–H and O–H groups in total. The van der Waals surface area contributed by atoms with E-state index in [1.807, 2.05) is 74.5 Å². The van der Waals surface area contributed by atoms with Crippen LogP contribution >= 0.6 is 0 Å². The lowest BCUT2D eigenvalue weighted by Gasteiger charge is -2.26. The maximum Gasteiger partial charge on any atom is 0.289 e. The summed E-state index contributed by atoms with van der Waals surface area (Å²) in [5.41, 5.74) is 2.22. The summed E-state index contributed by atoms with van der Waals surface area (Å²) in [7, 11) is 0. The number of amides is 3. The van der Waals surface area contributed by atoms with Crippen LogP contribution in [0.25, 0.3) is 0 Å². The monoisotopic (exact) mass is 528 g/mol. The third-order valence-corrected chi connectivity index (χ3v) is 6.29. The molecular weight excluding hydrogens is 492 g/mol. The van der Waals surface area contributed by atoms with Crippen molar-refractivity contribution in [2.45, 2.75) is 58.2 Å². The minimum atomic E-state index is -1.02. The van der Waals surface area contributed by atoms with Crippen molar-refractivity contribution in [1.29, 1.82) is 0 Å². The summed E-state index contributed by atoms with van der Waals surface area (Å²) in [6.45, 7) is 5.71. The van der Waals surface area contributed by atoms with Crippen molar-refractivity contribution < 1.29 is 19.2 Å². The molecule has 39 heavy (non-hydrogen) atoms. The quantitative estimate of drug-likeness (QED) is 0.294. The first-order valence-electron chi connectivity index (χ1n) is 13.2. The van der Waals surface area contributed by atoms with E-state index in [0.717, 1.165) is 11.1 Å². The summed E-state index contributed by atoms with van der Waals surface area (Å²) in [5, 5.41) is 8.17. The Labute approximate surface area is 229 Å². The molecule has 0 aliphatic heterocycles. The van der Waals surface area contributed by atoms with Gasteiger partial charge in [0.15, 0.2) is 0 Å². The van der Waals surface area contributed by atoms with Gasteiger partial charge in [0.2, 0.25) is 17.6 Å². The van der Waals surface area contributed by atoms with Crippen LogP contribution in [0.5, 0.6) is 0 Å². The van der Waals surface area contributed by atoms with Crippen LogP contribution in [0.3, 0.4) is 0 Å². The van der Waals surface area contributed by atoms with Gasteiger partial charge in [0.25, 0.3) is 5.91 Å². The zero-order chi connectivity index (χ0) is 28.2. The molecule has 0 saturated carbocycles. The fourth-order valence-electron chi connectivity index (χ4n) is 4.29. The van der Waals surface area contributed by atoms with Gasteiger partial charge in [0, 0.05) is 6.20 Å². The van der Waals surface area contributed by atoms with Gasteiger partial charge in [0.1, 0.15) is 6.04 Å². The molecule has 3 aromatic rings. The second kappa shape index (κ2) is 14.6. The number of carbonyl (C=O) groups is 4. The van der Waals surface area contributed by atoms with Crippen molar-refractivity contribution >= 4 is 23.5 Å². The maximum atomic E-state index is 13.6. The van der Waals surface area contributed by atoms with Crippen molar-refractivity contribution in [2.24, 2.45) is 5.92 Å². The molecule has 1 unspecified atom stereocenters. The smallest absolute Gasteiger partial charge is 0.289 e. The molecule has 2 aromatic carbocycles. The number of aromatic nitrogens is 1. The molecule has 1 heterocycles. The summed E-state index contributed by atoms with van der Waals surface area (Å²) >= 11 is 0. The van der Waals surface area contributed by atoms with Crippen molar-refractivity contribution in [3.8, 4) is 0 Å². The molecule has 3 amide bonds. The Morgan fingerprint density at radius 1 is 0.744 bits per heavy atom. The van der Waals surface area contributed by atoms with E-state index in [0.29, 0.717) is 12.1 Å². The number of ketones is 1. The normalized spacial score (nSPS) is 12.4. The topological polar surface area (TPSA) is 117 Å². The Morgan fingerprint density at radius 2 is 1.31 bits per heavy atom. The van der Waals surface area contributed by atoms with E-state index in [1.54, 1.807) is 31.3 Å². The molecular formula is C31H36N4O4. The third-order valence-electron chi connectivity index (χ3n) is 6.29. The molecule has 0 fully saturated rings. The van der Waals surface area contributed by atoms with Crippen LogP contribution in [0.2, 0.25) is 0 Å². The second-order valence-corrected chi connectivity index (χ2v) is 9.78. The average Bonchev–Trinajstić information content (AvgIpc) is 2.95. The summed E-state index contributed by atoms with van der Waals surface area (Å²) in [6.07, 6.45) is 2.19. The molecule has 1 aromatic heterocycles. The number of Topliss-reactive ketones (excluding diaryl/α,β-unsaturated/α-hetero) is 1. The predicted octanol–water partition coefficient (Wildman–Crippen LogP) is 3.52. The number of nitrogens with one attached hydrogen (secondary N) is 3. The number of hydrogen-bond donors (Lipinski definition) is 3. The molecule has 0 saturated heterocycles. The van der Waals surface area contributed by atoms with E-state index in [2.05, 4.69) is 20.9 Å². The van der Waals surface area contributed by atoms with E-state index in [4.69, 9.17) is 0 Å². The minimum absolute atomic E-state index is 0.0883. The Morgan fingerprint density at radius 3 is 1.82 bits per heavy atom. The van der Waals surface area contributed by atoms with E-state index in [9.17, 15) is 19.2 Å². The molecule has 0 bridgehead atoms. The number of pyridine rings is 1.